The first kappa shape index (κ1) is 16.7. The second kappa shape index (κ2) is 7.40. The number of carbonyl (C=O) groups excluding carboxylic acids is 1. The van der Waals surface area contributed by atoms with Crippen molar-refractivity contribution in [1.82, 2.24) is 5.32 Å². The Bertz CT molecular complexity index is 537. The number of sulfone groups is 1. The average molecular weight is 299 g/mol. The Labute approximate surface area is 120 Å². The van der Waals surface area contributed by atoms with E-state index in [0.29, 0.717) is 11.5 Å². The van der Waals surface area contributed by atoms with Crippen molar-refractivity contribution in [2.75, 3.05) is 19.0 Å². The number of nitrogens with one attached hydrogen (secondary N) is 1. The summed E-state index contributed by atoms with van der Waals surface area (Å²) in [6.07, 6.45) is 0. The summed E-state index contributed by atoms with van der Waals surface area (Å²) >= 11 is 0. The van der Waals surface area contributed by atoms with Crippen LogP contribution < -0.4 is 5.32 Å². The molecule has 1 atom stereocenters. The normalized spacial score (nSPS) is 12.9. The highest BCUT2D eigenvalue weighted by Crippen LogP contribution is 2.17. The fraction of sp³-hybridized carbons (Fsp3) is 0.500. The second-order valence-electron chi connectivity index (χ2n) is 4.40. The van der Waals surface area contributed by atoms with Crippen LogP contribution in [0.3, 0.4) is 0 Å². The first-order valence-corrected chi connectivity index (χ1v) is 8.25. The van der Waals surface area contributed by atoms with E-state index in [4.69, 9.17) is 4.74 Å². The van der Waals surface area contributed by atoms with Crippen molar-refractivity contribution in [3.8, 4) is 0 Å². The van der Waals surface area contributed by atoms with Gasteiger partial charge in [0.25, 0.3) is 0 Å². The van der Waals surface area contributed by atoms with E-state index >= 15 is 0 Å². The van der Waals surface area contributed by atoms with Crippen LogP contribution in [0.15, 0.2) is 29.2 Å². The lowest BCUT2D eigenvalue weighted by Crippen LogP contribution is -2.30. The van der Waals surface area contributed by atoms with Crippen LogP contribution in [-0.2, 0) is 19.4 Å². The van der Waals surface area contributed by atoms with Crippen molar-refractivity contribution in [2.45, 2.75) is 31.7 Å². The highest BCUT2D eigenvalue weighted by Gasteiger charge is 2.13. The molecule has 0 aromatic heterocycles. The van der Waals surface area contributed by atoms with Crippen molar-refractivity contribution >= 4 is 15.7 Å². The third-order valence-corrected chi connectivity index (χ3v) is 4.68. The van der Waals surface area contributed by atoms with E-state index in [-0.39, 0.29) is 24.3 Å². The molecule has 0 aliphatic rings. The molecule has 6 heteroatoms. The van der Waals surface area contributed by atoms with E-state index in [9.17, 15) is 13.2 Å². The molecule has 1 aromatic carbocycles. The summed E-state index contributed by atoms with van der Waals surface area (Å²) in [7, 11) is -3.18. The van der Waals surface area contributed by atoms with Gasteiger partial charge in [-0.15, -0.1) is 0 Å². The molecule has 0 saturated heterocycles. The zero-order valence-electron chi connectivity index (χ0n) is 12.0. The summed E-state index contributed by atoms with van der Waals surface area (Å²) < 4.78 is 28.4. The quantitative estimate of drug-likeness (QED) is 0.831. The van der Waals surface area contributed by atoms with Crippen molar-refractivity contribution < 1.29 is 17.9 Å². The number of ether oxygens (including phenoxy) is 1. The van der Waals surface area contributed by atoms with Gasteiger partial charge in [-0.3, -0.25) is 4.79 Å². The Kier molecular flexibility index (Phi) is 6.16. The number of hydrogen-bond donors (Lipinski definition) is 1. The maximum atomic E-state index is 11.7. The molecular formula is C14H21NO4S. The molecule has 0 unspecified atom stereocenters. The van der Waals surface area contributed by atoms with Crippen LogP contribution in [0, 0.1) is 0 Å². The fourth-order valence-electron chi connectivity index (χ4n) is 1.69. The molecule has 112 valence electrons. The molecule has 0 saturated carbocycles. The van der Waals surface area contributed by atoms with Crippen LogP contribution in [0.1, 0.15) is 32.4 Å². The van der Waals surface area contributed by atoms with E-state index in [1.807, 2.05) is 13.8 Å². The topological polar surface area (TPSA) is 72.5 Å². The highest BCUT2D eigenvalue weighted by atomic mass is 32.2. The van der Waals surface area contributed by atoms with Gasteiger partial charge in [0.2, 0.25) is 5.91 Å². The van der Waals surface area contributed by atoms with Crippen LogP contribution in [-0.4, -0.2) is 33.3 Å². The van der Waals surface area contributed by atoms with Crippen LogP contribution in [0.2, 0.25) is 0 Å². The van der Waals surface area contributed by atoms with Crippen LogP contribution >= 0.6 is 0 Å². The predicted octanol–water partition coefficient (Wildman–Crippen LogP) is 1.69. The molecule has 1 N–H and O–H groups in total. The number of hydrogen-bond acceptors (Lipinski definition) is 4. The number of rotatable bonds is 7. The van der Waals surface area contributed by atoms with Crippen molar-refractivity contribution in [3.63, 3.8) is 0 Å². The van der Waals surface area contributed by atoms with Gasteiger partial charge in [0, 0.05) is 6.61 Å². The van der Waals surface area contributed by atoms with Crippen molar-refractivity contribution in [2.24, 2.45) is 0 Å². The molecule has 0 aliphatic heterocycles. The fourth-order valence-corrected chi connectivity index (χ4v) is 2.58. The van der Waals surface area contributed by atoms with Gasteiger partial charge in [0.15, 0.2) is 9.84 Å². The van der Waals surface area contributed by atoms with Gasteiger partial charge in [-0.2, -0.15) is 0 Å². The highest BCUT2D eigenvalue weighted by molar-refractivity contribution is 7.91. The van der Waals surface area contributed by atoms with E-state index in [1.54, 1.807) is 31.2 Å². The SMILES string of the molecule is CCOCC(=O)N[C@@H](C)c1ccc(S(=O)(=O)CC)cc1. The van der Waals surface area contributed by atoms with E-state index < -0.39 is 9.84 Å². The maximum absolute atomic E-state index is 11.7. The monoisotopic (exact) mass is 299 g/mol. The molecular weight excluding hydrogens is 278 g/mol. The van der Waals surface area contributed by atoms with Gasteiger partial charge in [0.1, 0.15) is 6.61 Å². The first-order valence-electron chi connectivity index (χ1n) is 6.60. The van der Waals surface area contributed by atoms with Crippen LogP contribution in [0.5, 0.6) is 0 Å². The lowest BCUT2D eigenvalue weighted by Gasteiger charge is -2.14. The Morgan fingerprint density at radius 1 is 1.25 bits per heavy atom. The molecule has 0 heterocycles. The van der Waals surface area contributed by atoms with Gasteiger partial charge in [-0.25, -0.2) is 8.42 Å². The second-order valence-corrected chi connectivity index (χ2v) is 6.68. The molecule has 0 aliphatic carbocycles. The number of amides is 1. The lowest BCUT2D eigenvalue weighted by atomic mass is 10.1. The smallest absolute Gasteiger partial charge is 0.246 e. The van der Waals surface area contributed by atoms with Gasteiger partial charge in [-0.05, 0) is 31.5 Å². The molecule has 1 rings (SSSR count). The van der Waals surface area contributed by atoms with Gasteiger partial charge >= 0.3 is 0 Å². The molecule has 0 bridgehead atoms. The largest absolute Gasteiger partial charge is 0.372 e. The third kappa shape index (κ3) is 4.61. The summed E-state index contributed by atoms with van der Waals surface area (Å²) in [5.41, 5.74) is 0.852. The number of carbonyl (C=O) groups is 1. The molecule has 20 heavy (non-hydrogen) atoms. The van der Waals surface area contributed by atoms with Gasteiger partial charge in [-0.1, -0.05) is 19.1 Å². The number of benzene rings is 1. The van der Waals surface area contributed by atoms with Crippen molar-refractivity contribution in [3.05, 3.63) is 29.8 Å². The van der Waals surface area contributed by atoms with Crippen LogP contribution in [0.4, 0.5) is 0 Å². The Hall–Kier alpha value is -1.40. The minimum absolute atomic E-state index is 0.0309. The standard InChI is InChI=1S/C14H21NO4S/c1-4-19-10-14(16)15-11(3)12-6-8-13(9-7-12)20(17,18)5-2/h6-9,11H,4-5,10H2,1-3H3,(H,15,16)/t11-/m0/s1. The molecule has 0 radical (unpaired) electrons. The summed E-state index contributed by atoms with van der Waals surface area (Å²) in [5.74, 6) is -0.114. The average Bonchev–Trinajstić information content (AvgIpc) is 2.45. The van der Waals surface area contributed by atoms with E-state index in [2.05, 4.69) is 5.32 Å². The van der Waals surface area contributed by atoms with Crippen LogP contribution in [0.25, 0.3) is 0 Å². The van der Waals surface area contributed by atoms with Gasteiger partial charge < -0.3 is 10.1 Å². The lowest BCUT2D eigenvalue weighted by molar-refractivity contribution is -0.126. The first-order chi connectivity index (χ1) is 9.40. The summed E-state index contributed by atoms with van der Waals surface area (Å²) in [4.78, 5) is 11.8. The molecule has 5 nitrogen and oxygen atoms in total. The predicted molar refractivity (Wildman–Crippen MR) is 77.2 cm³/mol. The Morgan fingerprint density at radius 2 is 1.85 bits per heavy atom. The maximum Gasteiger partial charge on any atom is 0.246 e. The summed E-state index contributed by atoms with van der Waals surface area (Å²) in [6, 6.07) is 6.38. The van der Waals surface area contributed by atoms with E-state index in [0.717, 1.165) is 5.56 Å². The van der Waals surface area contributed by atoms with Crippen molar-refractivity contribution in [1.29, 1.82) is 0 Å². The van der Waals surface area contributed by atoms with E-state index in [1.165, 1.54) is 0 Å². The minimum atomic E-state index is -3.18. The molecule has 1 amide bonds. The van der Waals surface area contributed by atoms with Gasteiger partial charge in [0.05, 0.1) is 16.7 Å². The Morgan fingerprint density at radius 3 is 2.35 bits per heavy atom. The summed E-state index contributed by atoms with van der Waals surface area (Å²) in [5, 5.41) is 2.79. The third-order valence-electron chi connectivity index (χ3n) is 2.93. The molecule has 0 fully saturated rings. The Balaban J connectivity index is 2.71. The molecule has 0 spiro atoms. The zero-order chi connectivity index (χ0) is 15.2. The summed E-state index contributed by atoms with van der Waals surface area (Å²) in [6.45, 7) is 5.80. The molecule has 1 aromatic rings. The minimum Gasteiger partial charge on any atom is -0.372 e. The zero-order valence-corrected chi connectivity index (χ0v) is 12.9.